The van der Waals surface area contributed by atoms with Crippen LogP contribution < -0.4 is 0 Å². The van der Waals surface area contributed by atoms with Crippen LogP contribution in [-0.4, -0.2) is 22.4 Å². The summed E-state index contributed by atoms with van der Waals surface area (Å²) in [7, 11) is 0. The molecule has 0 aliphatic heterocycles. The van der Waals surface area contributed by atoms with Crippen LogP contribution in [0.4, 0.5) is 0 Å². The van der Waals surface area contributed by atoms with Crippen LogP contribution in [0.1, 0.15) is 92.9 Å². The van der Waals surface area contributed by atoms with Gasteiger partial charge in [0.25, 0.3) is 0 Å². The molecule has 4 rings (SSSR count). The first-order chi connectivity index (χ1) is 14.6. The summed E-state index contributed by atoms with van der Waals surface area (Å²) in [6, 6.07) is 0. The lowest BCUT2D eigenvalue weighted by Crippen LogP contribution is -2.54. The highest BCUT2D eigenvalue weighted by Crippen LogP contribution is 2.67. The second-order valence-corrected chi connectivity index (χ2v) is 12.6. The largest absolute Gasteiger partial charge is 0.389 e. The standard InChI is InChI=1S/C29H48O2/c1-7-20(18(2)3)9-8-19(4)23-10-11-24-22-17-27(31)26-16-21(30)12-14-29(26,6)25(22)13-15-28(23,24)5/h8-9,16,18-25,27,30-31H,7,10-15,17H2,1-6H3/b9-8+/t19-,20+,21+,22+,23-,24+,25+,27-,28-,29-/m1/s1. The Morgan fingerprint density at radius 3 is 2.42 bits per heavy atom. The first kappa shape index (κ1) is 23.6. The van der Waals surface area contributed by atoms with Gasteiger partial charge in [-0.05, 0) is 109 Å². The van der Waals surface area contributed by atoms with Crippen LogP contribution in [0.5, 0.6) is 0 Å². The number of allylic oxidation sites excluding steroid dienone is 2. The van der Waals surface area contributed by atoms with Gasteiger partial charge in [0.1, 0.15) is 0 Å². The van der Waals surface area contributed by atoms with Gasteiger partial charge < -0.3 is 10.2 Å². The van der Waals surface area contributed by atoms with Crippen molar-refractivity contribution in [3.8, 4) is 0 Å². The molecule has 0 amide bonds. The van der Waals surface area contributed by atoms with Crippen LogP contribution in [0.2, 0.25) is 0 Å². The van der Waals surface area contributed by atoms with E-state index in [0.717, 1.165) is 37.0 Å². The first-order valence-electron chi connectivity index (χ1n) is 13.4. The second kappa shape index (κ2) is 8.64. The lowest BCUT2D eigenvalue weighted by atomic mass is 9.46. The van der Waals surface area contributed by atoms with E-state index in [1.807, 2.05) is 6.08 Å². The van der Waals surface area contributed by atoms with Crippen molar-refractivity contribution in [1.82, 2.24) is 0 Å². The fourth-order valence-electron chi connectivity index (χ4n) is 8.94. The predicted octanol–water partition coefficient (Wildman–Crippen LogP) is 6.77. The van der Waals surface area contributed by atoms with Crippen LogP contribution in [0, 0.1) is 52.3 Å². The van der Waals surface area contributed by atoms with Gasteiger partial charge in [0, 0.05) is 0 Å². The Hall–Kier alpha value is -0.600. The average Bonchev–Trinajstić information content (AvgIpc) is 3.07. The summed E-state index contributed by atoms with van der Waals surface area (Å²) in [5.74, 6) is 4.91. The van der Waals surface area contributed by atoms with E-state index in [1.165, 1.54) is 37.7 Å². The number of rotatable bonds is 5. The molecule has 0 unspecified atom stereocenters. The molecule has 31 heavy (non-hydrogen) atoms. The molecule has 4 aliphatic rings. The van der Waals surface area contributed by atoms with Gasteiger partial charge in [-0.1, -0.05) is 59.8 Å². The molecule has 2 N–H and O–H groups in total. The van der Waals surface area contributed by atoms with Crippen LogP contribution in [0.25, 0.3) is 0 Å². The van der Waals surface area contributed by atoms with E-state index < -0.39 is 0 Å². The monoisotopic (exact) mass is 428 g/mol. The van der Waals surface area contributed by atoms with E-state index in [4.69, 9.17) is 0 Å². The molecule has 0 aromatic heterocycles. The Kier molecular flexibility index (Phi) is 6.56. The van der Waals surface area contributed by atoms with E-state index in [9.17, 15) is 10.2 Å². The highest BCUT2D eigenvalue weighted by atomic mass is 16.3. The number of fused-ring (bicyclic) bond motifs is 5. The lowest BCUT2D eigenvalue weighted by molar-refractivity contribution is -0.0852. The Bertz CT molecular complexity index is 708. The Morgan fingerprint density at radius 2 is 1.74 bits per heavy atom. The maximum absolute atomic E-state index is 11.1. The molecule has 0 aromatic rings. The van der Waals surface area contributed by atoms with Gasteiger partial charge in [0.05, 0.1) is 12.2 Å². The Morgan fingerprint density at radius 1 is 1.00 bits per heavy atom. The zero-order valence-corrected chi connectivity index (χ0v) is 21.0. The van der Waals surface area contributed by atoms with Gasteiger partial charge >= 0.3 is 0 Å². The van der Waals surface area contributed by atoms with Crippen LogP contribution >= 0.6 is 0 Å². The molecule has 2 heteroatoms. The minimum absolute atomic E-state index is 0.0953. The molecular weight excluding hydrogens is 380 g/mol. The minimum Gasteiger partial charge on any atom is -0.389 e. The Balaban J connectivity index is 1.55. The quantitative estimate of drug-likeness (QED) is 0.474. The minimum atomic E-state index is -0.357. The van der Waals surface area contributed by atoms with E-state index in [2.05, 4.69) is 53.7 Å². The summed E-state index contributed by atoms with van der Waals surface area (Å²) < 4.78 is 0. The predicted molar refractivity (Wildman–Crippen MR) is 130 cm³/mol. The molecule has 2 nitrogen and oxygen atoms in total. The van der Waals surface area contributed by atoms with Crippen LogP contribution in [0.3, 0.4) is 0 Å². The summed E-state index contributed by atoms with van der Waals surface area (Å²) in [4.78, 5) is 0. The van der Waals surface area contributed by atoms with Gasteiger partial charge in [-0.25, -0.2) is 0 Å². The van der Waals surface area contributed by atoms with E-state index in [0.29, 0.717) is 29.1 Å². The molecule has 0 bridgehead atoms. The van der Waals surface area contributed by atoms with Gasteiger partial charge in [0.2, 0.25) is 0 Å². The van der Waals surface area contributed by atoms with Gasteiger partial charge in [-0.2, -0.15) is 0 Å². The van der Waals surface area contributed by atoms with Crippen molar-refractivity contribution in [2.45, 2.75) is 105 Å². The summed E-state index contributed by atoms with van der Waals surface area (Å²) in [6.45, 7) is 14.5. The van der Waals surface area contributed by atoms with Crippen molar-refractivity contribution in [1.29, 1.82) is 0 Å². The van der Waals surface area contributed by atoms with E-state index in [1.54, 1.807) is 0 Å². The Labute approximate surface area is 191 Å². The van der Waals surface area contributed by atoms with E-state index >= 15 is 0 Å². The van der Waals surface area contributed by atoms with Gasteiger partial charge in [0.15, 0.2) is 0 Å². The summed E-state index contributed by atoms with van der Waals surface area (Å²) in [6.07, 6.45) is 15.8. The number of aliphatic hydroxyl groups excluding tert-OH is 2. The van der Waals surface area contributed by atoms with Crippen molar-refractivity contribution in [3.05, 3.63) is 23.8 Å². The van der Waals surface area contributed by atoms with E-state index in [-0.39, 0.29) is 17.6 Å². The summed E-state index contributed by atoms with van der Waals surface area (Å²) in [5, 5.41) is 21.4. The molecule has 0 radical (unpaired) electrons. The van der Waals surface area contributed by atoms with Crippen molar-refractivity contribution >= 4 is 0 Å². The highest BCUT2D eigenvalue weighted by molar-refractivity contribution is 5.29. The molecule has 0 heterocycles. The van der Waals surface area contributed by atoms with Crippen molar-refractivity contribution in [2.75, 3.05) is 0 Å². The topological polar surface area (TPSA) is 40.5 Å². The van der Waals surface area contributed by atoms with Gasteiger partial charge in [-0.3, -0.25) is 0 Å². The molecule has 176 valence electrons. The molecule has 0 aromatic carbocycles. The smallest absolute Gasteiger partial charge is 0.0759 e. The van der Waals surface area contributed by atoms with Crippen molar-refractivity contribution in [2.24, 2.45) is 52.3 Å². The fourth-order valence-corrected chi connectivity index (χ4v) is 8.94. The van der Waals surface area contributed by atoms with Crippen molar-refractivity contribution in [3.63, 3.8) is 0 Å². The zero-order chi connectivity index (χ0) is 22.6. The van der Waals surface area contributed by atoms with Gasteiger partial charge in [-0.15, -0.1) is 0 Å². The first-order valence-corrected chi connectivity index (χ1v) is 13.4. The number of aliphatic hydroxyl groups is 2. The maximum atomic E-state index is 11.1. The molecule has 4 aliphatic carbocycles. The molecule has 0 spiro atoms. The molecule has 10 atom stereocenters. The molecule has 0 saturated heterocycles. The van der Waals surface area contributed by atoms with Crippen molar-refractivity contribution < 1.29 is 10.2 Å². The van der Waals surface area contributed by atoms with Crippen LogP contribution in [0.15, 0.2) is 23.8 Å². The molecule has 3 saturated carbocycles. The van der Waals surface area contributed by atoms with Crippen LogP contribution in [-0.2, 0) is 0 Å². The normalized spacial score (nSPS) is 46.9. The summed E-state index contributed by atoms with van der Waals surface area (Å²) in [5.41, 5.74) is 1.68. The maximum Gasteiger partial charge on any atom is 0.0759 e. The molecular formula is C29H48O2. The lowest BCUT2D eigenvalue weighted by Gasteiger charge is -2.59. The zero-order valence-electron chi connectivity index (χ0n) is 21.0. The third-order valence-electron chi connectivity index (χ3n) is 10.8. The average molecular weight is 429 g/mol. The third-order valence-corrected chi connectivity index (χ3v) is 10.8. The summed E-state index contributed by atoms with van der Waals surface area (Å²) >= 11 is 0. The number of hydrogen-bond acceptors (Lipinski definition) is 2. The number of hydrogen-bond donors (Lipinski definition) is 2. The third kappa shape index (κ3) is 3.88. The fraction of sp³-hybridized carbons (Fsp3) is 0.862. The highest BCUT2D eigenvalue weighted by Gasteiger charge is 2.60. The second-order valence-electron chi connectivity index (χ2n) is 12.6. The SMILES string of the molecule is CC[C@@H](/C=C/[C@@H](C)[C@H]1CC[C@H]2[C@@H]3C[C@@H](O)C4=C[C@@H](O)CC[C@]4(C)[C@H]3CC[C@]12C)C(C)C. The molecule has 3 fully saturated rings.